The fourth-order valence-corrected chi connectivity index (χ4v) is 5.44. The predicted octanol–water partition coefficient (Wildman–Crippen LogP) is 4.57. The van der Waals surface area contributed by atoms with Gasteiger partial charge in [-0.25, -0.2) is 4.39 Å². The van der Waals surface area contributed by atoms with Gasteiger partial charge in [-0.15, -0.1) is 0 Å². The molecule has 3 N–H and O–H groups in total. The number of amides is 2. The summed E-state index contributed by atoms with van der Waals surface area (Å²) >= 11 is 0. The molecule has 0 saturated heterocycles. The third kappa shape index (κ3) is 11.3. The fraction of sp³-hybridized carbons (Fsp3) is 0.606. The van der Waals surface area contributed by atoms with E-state index < -0.39 is 18.0 Å². The van der Waals surface area contributed by atoms with Gasteiger partial charge in [-0.3, -0.25) is 14.6 Å². The molecule has 1 aromatic carbocycles. The van der Waals surface area contributed by atoms with Crippen molar-refractivity contribution >= 4 is 11.8 Å². The Balaban J connectivity index is 1.77. The summed E-state index contributed by atoms with van der Waals surface area (Å²) in [5.41, 5.74) is 2.78. The zero-order valence-electron chi connectivity index (χ0n) is 25.5. The molecule has 3 atom stereocenters. The standard InChI is InChI=1S/C33H49FN4O4/c1-4-8-25-11-13-38(12-5-2)33(41)10-7-9-32(40)37-30(17-26-15-28(34)18-29(16-26)42-23-25)31(39)22-36-21-27-14-24(6-3)19-35-20-27/h14-16,18-20,25,30-31,36,39H,4-13,17,21-23H2,1-3H3,(H,37,40)/t25?,30-,31+/m0/s1. The van der Waals surface area contributed by atoms with E-state index >= 15 is 0 Å². The summed E-state index contributed by atoms with van der Waals surface area (Å²) in [6.45, 7) is 8.75. The summed E-state index contributed by atoms with van der Waals surface area (Å²) in [4.78, 5) is 32.1. The van der Waals surface area contributed by atoms with Crippen LogP contribution < -0.4 is 15.4 Å². The second-order valence-electron chi connectivity index (χ2n) is 11.4. The number of aliphatic hydroxyl groups is 1. The normalized spacial score (nSPS) is 20.0. The third-order valence-corrected chi connectivity index (χ3v) is 7.77. The molecule has 0 aliphatic carbocycles. The smallest absolute Gasteiger partial charge is 0.222 e. The Kier molecular flexibility index (Phi) is 14.2. The maximum Gasteiger partial charge on any atom is 0.222 e. The highest BCUT2D eigenvalue weighted by Crippen LogP contribution is 2.22. The summed E-state index contributed by atoms with van der Waals surface area (Å²) in [7, 11) is 0. The van der Waals surface area contributed by atoms with Gasteiger partial charge in [0.05, 0.1) is 18.8 Å². The van der Waals surface area contributed by atoms with Gasteiger partial charge in [0.2, 0.25) is 11.8 Å². The number of carbonyl (C=O) groups excluding carboxylic acids is 2. The van der Waals surface area contributed by atoms with E-state index in [4.69, 9.17) is 4.74 Å². The zero-order chi connectivity index (χ0) is 30.3. The highest BCUT2D eigenvalue weighted by Gasteiger charge is 2.24. The van der Waals surface area contributed by atoms with Gasteiger partial charge in [-0.2, -0.15) is 0 Å². The van der Waals surface area contributed by atoms with Crippen LogP contribution >= 0.6 is 0 Å². The largest absolute Gasteiger partial charge is 0.493 e. The summed E-state index contributed by atoms with van der Waals surface area (Å²) in [5, 5.41) is 17.4. The SMILES string of the molecule is CCCC1CCN(CCC)C(=O)CCCC(=O)N[C@H]([C@H](O)CNCc2cncc(CC)c2)Cc2cc(F)cc(c2)OC1. The average molecular weight is 585 g/mol. The topological polar surface area (TPSA) is 104 Å². The molecule has 0 spiro atoms. The molecule has 1 aromatic heterocycles. The molecule has 9 heteroatoms. The van der Waals surface area contributed by atoms with Gasteiger partial charge in [-0.05, 0) is 73.3 Å². The molecule has 1 aliphatic heterocycles. The van der Waals surface area contributed by atoms with E-state index in [1.54, 1.807) is 12.3 Å². The van der Waals surface area contributed by atoms with Crippen LogP contribution in [0.5, 0.6) is 5.75 Å². The number of benzene rings is 1. The van der Waals surface area contributed by atoms with Crippen molar-refractivity contribution < 1.29 is 23.8 Å². The van der Waals surface area contributed by atoms with Crippen LogP contribution in [0.4, 0.5) is 4.39 Å². The number of aryl methyl sites for hydroxylation is 1. The lowest BCUT2D eigenvalue weighted by Crippen LogP contribution is -2.48. The van der Waals surface area contributed by atoms with Crippen molar-refractivity contribution in [3.63, 3.8) is 0 Å². The Morgan fingerprint density at radius 1 is 1.12 bits per heavy atom. The number of ether oxygens (including phenoxy) is 1. The average Bonchev–Trinajstić information content (AvgIpc) is 2.96. The minimum atomic E-state index is -0.929. The zero-order valence-corrected chi connectivity index (χ0v) is 25.5. The van der Waals surface area contributed by atoms with Crippen LogP contribution in [0.1, 0.15) is 82.4 Å². The van der Waals surface area contributed by atoms with E-state index in [9.17, 15) is 19.1 Å². The summed E-state index contributed by atoms with van der Waals surface area (Å²) in [5.74, 6) is 0.0583. The van der Waals surface area contributed by atoms with Gasteiger partial charge in [0.1, 0.15) is 11.6 Å². The lowest BCUT2D eigenvalue weighted by molar-refractivity contribution is -0.131. The lowest BCUT2D eigenvalue weighted by Gasteiger charge is -2.25. The fourth-order valence-electron chi connectivity index (χ4n) is 5.44. The molecule has 2 amide bonds. The molecule has 232 valence electrons. The predicted molar refractivity (Wildman–Crippen MR) is 163 cm³/mol. The van der Waals surface area contributed by atoms with Crippen LogP contribution in [0.25, 0.3) is 0 Å². The highest BCUT2D eigenvalue weighted by molar-refractivity contribution is 5.79. The Labute approximate surface area is 250 Å². The number of fused-ring (bicyclic) bond motifs is 2. The number of rotatable bonds is 10. The van der Waals surface area contributed by atoms with Gasteiger partial charge in [-0.1, -0.05) is 33.3 Å². The number of hydrogen-bond donors (Lipinski definition) is 3. The summed E-state index contributed by atoms with van der Waals surface area (Å²) in [6, 6.07) is 6.00. The first-order valence-corrected chi connectivity index (χ1v) is 15.6. The van der Waals surface area contributed by atoms with E-state index in [0.29, 0.717) is 50.4 Å². The van der Waals surface area contributed by atoms with Crippen LogP contribution in [-0.2, 0) is 29.0 Å². The van der Waals surface area contributed by atoms with Crippen molar-refractivity contribution in [3.05, 3.63) is 59.2 Å². The lowest BCUT2D eigenvalue weighted by atomic mass is 9.99. The molecule has 1 aliphatic rings. The third-order valence-electron chi connectivity index (χ3n) is 7.77. The van der Waals surface area contributed by atoms with E-state index in [2.05, 4.69) is 42.5 Å². The van der Waals surface area contributed by atoms with Crippen LogP contribution in [0, 0.1) is 11.7 Å². The van der Waals surface area contributed by atoms with Crippen LogP contribution in [-0.4, -0.2) is 65.2 Å². The number of aromatic nitrogens is 1. The number of nitrogens with zero attached hydrogens (tertiary/aromatic N) is 2. The van der Waals surface area contributed by atoms with Gasteiger partial charge in [0.15, 0.2) is 0 Å². The second-order valence-corrected chi connectivity index (χ2v) is 11.4. The Morgan fingerprint density at radius 3 is 2.69 bits per heavy atom. The van der Waals surface area contributed by atoms with E-state index in [1.165, 1.54) is 12.1 Å². The molecule has 0 radical (unpaired) electrons. The minimum absolute atomic E-state index is 0.0567. The van der Waals surface area contributed by atoms with E-state index in [1.807, 2.05) is 11.1 Å². The Hall–Kier alpha value is -3.04. The van der Waals surface area contributed by atoms with Crippen molar-refractivity contribution in [2.24, 2.45) is 5.92 Å². The number of pyridine rings is 1. The van der Waals surface area contributed by atoms with Crippen molar-refractivity contribution in [1.29, 1.82) is 0 Å². The Morgan fingerprint density at radius 2 is 1.93 bits per heavy atom. The van der Waals surface area contributed by atoms with Crippen LogP contribution in [0.2, 0.25) is 0 Å². The minimum Gasteiger partial charge on any atom is -0.493 e. The maximum absolute atomic E-state index is 14.7. The van der Waals surface area contributed by atoms with Crippen molar-refractivity contribution in [2.45, 2.75) is 97.2 Å². The molecule has 0 saturated carbocycles. The van der Waals surface area contributed by atoms with Crippen molar-refractivity contribution in [2.75, 3.05) is 26.2 Å². The monoisotopic (exact) mass is 584 g/mol. The molecule has 3 rings (SSSR count). The molecular formula is C33H49FN4O4. The first-order chi connectivity index (χ1) is 20.3. The van der Waals surface area contributed by atoms with Gasteiger partial charge >= 0.3 is 0 Å². The Bertz CT molecular complexity index is 1130. The summed E-state index contributed by atoms with van der Waals surface area (Å²) < 4.78 is 20.8. The number of hydrogen-bond acceptors (Lipinski definition) is 6. The first kappa shape index (κ1) is 33.5. The maximum atomic E-state index is 14.7. The van der Waals surface area contributed by atoms with Gasteiger partial charge in [0.25, 0.3) is 0 Å². The number of nitrogens with one attached hydrogen (secondary N) is 2. The molecule has 0 fully saturated rings. The van der Waals surface area contributed by atoms with Crippen molar-refractivity contribution in [1.82, 2.24) is 20.5 Å². The number of aliphatic hydroxyl groups excluding tert-OH is 1. The quantitative estimate of drug-likeness (QED) is 0.378. The van der Waals surface area contributed by atoms with E-state index in [-0.39, 0.29) is 37.1 Å². The molecular weight excluding hydrogens is 535 g/mol. The molecule has 2 heterocycles. The summed E-state index contributed by atoms with van der Waals surface area (Å²) in [6.07, 6.45) is 8.34. The molecule has 8 nitrogen and oxygen atoms in total. The van der Waals surface area contributed by atoms with Gasteiger partial charge in [0, 0.05) is 57.5 Å². The molecule has 42 heavy (non-hydrogen) atoms. The second kappa shape index (κ2) is 17.8. The van der Waals surface area contributed by atoms with Crippen LogP contribution in [0.3, 0.4) is 0 Å². The van der Waals surface area contributed by atoms with E-state index in [0.717, 1.165) is 43.2 Å². The van der Waals surface area contributed by atoms with Gasteiger partial charge < -0.3 is 25.4 Å². The number of halogens is 1. The molecule has 2 bridgehead atoms. The first-order valence-electron chi connectivity index (χ1n) is 15.6. The van der Waals surface area contributed by atoms with Crippen LogP contribution in [0.15, 0.2) is 36.7 Å². The highest BCUT2D eigenvalue weighted by atomic mass is 19.1. The van der Waals surface area contributed by atoms with Crippen molar-refractivity contribution in [3.8, 4) is 5.75 Å². The number of carbonyl (C=O) groups is 2. The molecule has 2 aromatic rings. The molecule has 1 unspecified atom stereocenters.